The summed E-state index contributed by atoms with van der Waals surface area (Å²) in [6.07, 6.45) is 1.72. The minimum absolute atomic E-state index is 0.455. The second-order valence-corrected chi connectivity index (χ2v) is 3.99. The summed E-state index contributed by atoms with van der Waals surface area (Å²) < 4.78 is 0. The summed E-state index contributed by atoms with van der Waals surface area (Å²) in [5, 5.41) is 1.46. The summed E-state index contributed by atoms with van der Waals surface area (Å²) in [6, 6.07) is 8.12. The van der Waals surface area contributed by atoms with E-state index in [4.69, 9.17) is 11.6 Å². The van der Waals surface area contributed by atoms with Crippen LogP contribution in [0.15, 0.2) is 30.5 Å². The third kappa shape index (κ3) is 2.99. The predicted octanol–water partition coefficient (Wildman–Crippen LogP) is 1.87. The summed E-state index contributed by atoms with van der Waals surface area (Å²) >= 11 is 0. The largest absolute Gasteiger partial charge is 0.397 e. The van der Waals surface area contributed by atoms with Crippen LogP contribution in [-0.4, -0.2) is 12.1 Å². The quantitative estimate of drug-likeness (QED) is 0.585. The van der Waals surface area contributed by atoms with Gasteiger partial charge < -0.3 is 10.7 Å². The Kier molecular flexibility index (Phi) is 3.74. The van der Waals surface area contributed by atoms with Gasteiger partial charge in [-0.1, -0.05) is 38.1 Å². The molecule has 0 saturated carbocycles. The van der Waals surface area contributed by atoms with Gasteiger partial charge in [-0.2, -0.15) is 0 Å². The van der Waals surface area contributed by atoms with Gasteiger partial charge in [0.05, 0.1) is 5.70 Å². The van der Waals surface area contributed by atoms with Gasteiger partial charge in [-0.3, -0.25) is 0 Å². The highest BCUT2D eigenvalue weighted by molar-refractivity contribution is 5.65. The number of hydrogen-bond donors (Lipinski definition) is 2. The highest BCUT2D eigenvalue weighted by Gasteiger charge is 2.07. The van der Waals surface area contributed by atoms with Crippen LogP contribution in [0.4, 0.5) is 0 Å². The SMILES string of the molecule is CC(C)c1ccccc1/C(N)=C/N(C)N. The van der Waals surface area contributed by atoms with Crippen molar-refractivity contribution in [3.8, 4) is 0 Å². The van der Waals surface area contributed by atoms with E-state index in [-0.39, 0.29) is 0 Å². The van der Waals surface area contributed by atoms with Gasteiger partial charge in [-0.05, 0) is 11.5 Å². The van der Waals surface area contributed by atoms with E-state index in [1.807, 2.05) is 18.2 Å². The molecular weight excluding hydrogens is 186 g/mol. The van der Waals surface area contributed by atoms with Crippen LogP contribution in [-0.2, 0) is 0 Å². The van der Waals surface area contributed by atoms with Crippen LogP contribution in [0.25, 0.3) is 5.70 Å². The lowest BCUT2D eigenvalue weighted by Gasteiger charge is -2.14. The lowest BCUT2D eigenvalue weighted by molar-refractivity contribution is 0.486. The van der Waals surface area contributed by atoms with Gasteiger partial charge in [0, 0.05) is 18.8 Å². The summed E-state index contributed by atoms with van der Waals surface area (Å²) in [5.41, 5.74) is 8.98. The standard InChI is InChI=1S/C12H19N3/c1-9(2)10-6-4-5-7-11(10)12(13)8-15(3)14/h4-9H,13-14H2,1-3H3/b12-8-. The van der Waals surface area contributed by atoms with E-state index in [2.05, 4.69) is 19.9 Å². The molecule has 15 heavy (non-hydrogen) atoms. The highest BCUT2D eigenvalue weighted by Crippen LogP contribution is 2.22. The summed E-state index contributed by atoms with van der Waals surface area (Å²) in [7, 11) is 1.75. The second kappa shape index (κ2) is 4.84. The summed E-state index contributed by atoms with van der Waals surface area (Å²) in [5.74, 6) is 5.99. The van der Waals surface area contributed by atoms with E-state index < -0.39 is 0 Å². The Morgan fingerprint density at radius 3 is 2.47 bits per heavy atom. The lowest BCUT2D eigenvalue weighted by Crippen LogP contribution is -2.20. The first kappa shape index (κ1) is 11.6. The Morgan fingerprint density at radius 2 is 1.93 bits per heavy atom. The zero-order chi connectivity index (χ0) is 11.4. The van der Waals surface area contributed by atoms with E-state index in [1.54, 1.807) is 13.2 Å². The van der Waals surface area contributed by atoms with Gasteiger partial charge in [-0.15, -0.1) is 0 Å². The first-order chi connectivity index (χ1) is 7.02. The van der Waals surface area contributed by atoms with E-state index in [9.17, 15) is 0 Å². The van der Waals surface area contributed by atoms with Crippen molar-refractivity contribution < 1.29 is 0 Å². The number of benzene rings is 1. The minimum Gasteiger partial charge on any atom is -0.397 e. The van der Waals surface area contributed by atoms with Gasteiger partial charge in [0.15, 0.2) is 0 Å². The molecule has 0 bridgehead atoms. The van der Waals surface area contributed by atoms with Crippen molar-refractivity contribution in [3.63, 3.8) is 0 Å². The molecule has 3 nitrogen and oxygen atoms in total. The molecule has 82 valence electrons. The molecule has 1 rings (SSSR count). The van der Waals surface area contributed by atoms with E-state index in [1.165, 1.54) is 10.6 Å². The minimum atomic E-state index is 0.455. The van der Waals surface area contributed by atoms with Gasteiger partial charge in [0.2, 0.25) is 0 Å². The molecule has 0 amide bonds. The lowest BCUT2D eigenvalue weighted by atomic mass is 9.96. The fraction of sp³-hybridized carbons (Fsp3) is 0.333. The van der Waals surface area contributed by atoms with Crippen LogP contribution in [0.1, 0.15) is 30.9 Å². The highest BCUT2D eigenvalue weighted by atomic mass is 15.4. The average molecular weight is 205 g/mol. The Bertz CT molecular complexity index is 354. The van der Waals surface area contributed by atoms with Crippen LogP contribution in [0.2, 0.25) is 0 Å². The summed E-state index contributed by atoms with van der Waals surface area (Å²) in [4.78, 5) is 0. The second-order valence-electron chi connectivity index (χ2n) is 3.99. The zero-order valence-electron chi connectivity index (χ0n) is 9.57. The molecule has 3 heteroatoms. The van der Waals surface area contributed by atoms with Crippen molar-refractivity contribution in [1.29, 1.82) is 0 Å². The Labute approximate surface area is 91.3 Å². The van der Waals surface area contributed by atoms with Gasteiger partial charge in [-0.25, -0.2) is 5.84 Å². The first-order valence-electron chi connectivity index (χ1n) is 5.06. The predicted molar refractivity (Wildman–Crippen MR) is 64.6 cm³/mol. The molecule has 0 saturated heterocycles. The number of hydrazine groups is 1. The normalized spacial score (nSPS) is 11.9. The van der Waals surface area contributed by atoms with Crippen LogP contribution in [0.3, 0.4) is 0 Å². The van der Waals surface area contributed by atoms with E-state index in [0.29, 0.717) is 11.6 Å². The Hall–Kier alpha value is -1.48. The maximum atomic E-state index is 5.97. The van der Waals surface area contributed by atoms with Gasteiger partial charge in [0.25, 0.3) is 0 Å². The smallest absolute Gasteiger partial charge is 0.0567 e. The third-order valence-corrected chi connectivity index (χ3v) is 2.24. The number of nitrogens with two attached hydrogens (primary N) is 2. The van der Waals surface area contributed by atoms with Crippen LogP contribution >= 0.6 is 0 Å². The molecule has 0 aliphatic heterocycles. The van der Waals surface area contributed by atoms with Crippen molar-refractivity contribution >= 4 is 5.70 Å². The summed E-state index contributed by atoms with van der Waals surface area (Å²) in [6.45, 7) is 4.30. The van der Waals surface area contributed by atoms with Gasteiger partial charge >= 0.3 is 0 Å². The topological polar surface area (TPSA) is 55.3 Å². The zero-order valence-corrected chi connectivity index (χ0v) is 9.57. The van der Waals surface area contributed by atoms with Crippen LogP contribution in [0, 0.1) is 0 Å². The van der Waals surface area contributed by atoms with Crippen molar-refractivity contribution in [3.05, 3.63) is 41.6 Å². The molecule has 0 heterocycles. The Balaban J connectivity index is 3.13. The molecule has 0 aromatic heterocycles. The molecule has 0 aliphatic carbocycles. The number of hydrogen-bond acceptors (Lipinski definition) is 3. The molecule has 1 aromatic rings. The number of nitrogens with zero attached hydrogens (tertiary/aromatic N) is 1. The van der Waals surface area contributed by atoms with Crippen molar-refractivity contribution in [2.75, 3.05) is 7.05 Å². The van der Waals surface area contributed by atoms with E-state index in [0.717, 1.165) is 5.56 Å². The van der Waals surface area contributed by atoms with Crippen LogP contribution < -0.4 is 11.6 Å². The molecule has 0 atom stereocenters. The molecule has 4 N–H and O–H groups in total. The number of rotatable bonds is 3. The molecule has 1 aromatic carbocycles. The molecule has 0 radical (unpaired) electrons. The van der Waals surface area contributed by atoms with Crippen molar-refractivity contribution in [2.45, 2.75) is 19.8 Å². The van der Waals surface area contributed by atoms with E-state index >= 15 is 0 Å². The fourth-order valence-electron chi connectivity index (χ4n) is 1.55. The third-order valence-electron chi connectivity index (χ3n) is 2.24. The van der Waals surface area contributed by atoms with Crippen LogP contribution in [0.5, 0.6) is 0 Å². The molecule has 0 fully saturated rings. The average Bonchev–Trinajstić information content (AvgIpc) is 2.16. The molecule has 0 spiro atoms. The molecule has 0 unspecified atom stereocenters. The molecule has 0 aliphatic rings. The first-order valence-corrected chi connectivity index (χ1v) is 5.06. The monoisotopic (exact) mass is 205 g/mol. The van der Waals surface area contributed by atoms with Crippen molar-refractivity contribution in [2.24, 2.45) is 11.6 Å². The van der Waals surface area contributed by atoms with Crippen molar-refractivity contribution in [1.82, 2.24) is 5.01 Å². The maximum absolute atomic E-state index is 5.97. The maximum Gasteiger partial charge on any atom is 0.0567 e. The fourth-order valence-corrected chi connectivity index (χ4v) is 1.55. The van der Waals surface area contributed by atoms with Gasteiger partial charge in [0.1, 0.15) is 0 Å². The molecular formula is C12H19N3. The Morgan fingerprint density at radius 1 is 1.33 bits per heavy atom.